The number of Topliss-reactive ketones (excluding diaryl/α,β-unsaturated/α-hetero) is 1. The van der Waals surface area contributed by atoms with E-state index in [9.17, 15) is 9.18 Å². The minimum absolute atomic E-state index is 0.0515. The second-order valence-electron chi connectivity index (χ2n) is 6.77. The first-order valence-corrected chi connectivity index (χ1v) is 9.58. The summed E-state index contributed by atoms with van der Waals surface area (Å²) in [6, 6.07) is 8.45. The summed E-state index contributed by atoms with van der Waals surface area (Å²) in [7, 11) is 0. The molecule has 0 saturated carbocycles. The lowest BCUT2D eigenvalue weighted by atomic mass is 10.1. The van der Waals surface area contributed by atoms with E-state index in [4.69, 9.17) is 11.6 Å². The minimum atomic E-state index is -0.521. The fourth-order valence-electron chi connectivity index (χ4n) is 3.13. The quantitative estimate of drug-likeness (QED) is 0.585. The molecular weight excluding hydrogens is 379 g/mol. The lowest BCUT2D eigenvalue weighted by molar-refractivity contribution is -0.118. The minimum Gasteiger partial charge on any atom is -0.299 e. The number of carbonyl (C=O) groups excluding carboxylic acids is 1. The van der Waals surface area contributed by atoms with E-state index in [1.54, 1.807) is 10.7 Å². The molecule has 0 aliphatic carbocycles. The largest absolute Gasteiger partial charge is 0.299 e. The van der Waals surface area contributed by atoms with Crippen LogP contribution in [0.5, 0.6) is 0 Å². The van der Waals surface area contributed by atoms with Gasteiger partial charge in [0.2, 0.25) is 0 Å². The molecule has 0 aliphatic heterocycles. The number of ketones is 1. The predicted molar refractivity (Wildman–Crippen MR) is 107 cm³/mol. The Morgan fingerprint density at radius 2 is 1.86 bits per heavy atom. The molecule has 2 heterocycles. The van der Waals surface area contributed by atoms with Crippen molar-refractivity contribution in [2.75, 3.05) is 0 Å². The Bertz CT molecular complexity index is 995. The molecule has 3 rings (SSSR count). The molecule has 28 heavy (non-hydrogen) atoms. The lowest BCUT2D eigenvalue weighted by Gasteiger charge is -2.05. The van der Waals surface area contributed by atoms with Crippen LogP contribution < -0.4 is 0 Å². The van der Waals surface area contributed by atoms with Crippen LogP contribution in [0.15, 0.2) is 30.3 Å². The van der Waals surface area contributed by atoms with Gasteiger partial charge in [-0.25, -0.2) is 14.1 Å². The van der Waals surface area contributed by atoms with Crippen LogP contribution in [0.4, 0.5) is 4.39 Å². The van der Waals surface area contributed by atoms with Crippen molar-refractivity contribution in [1.82, 2.24) is 19.7 Å². The lowest BCUT2D eigenvalue weighted by Crippen LogP contribution is -2.11. The molecule has 0 fully saturated rings. The second-order valence-corrected chi connectivity index (χ2v) is 7.18. The van der Waals surface area contributed by atoms with E-state index in [0.717, 1.165) is 17.0 Å². The number of carbonyl (C=O) groups is 1. The van der Waals surface area contributed by atoms with Crippen LogP contribution in [0, 0.1) is 19.7 Å². The predicted octanol–water partition coefficient (Wildman–Crippen LogP) is 4.51. The van der Waals surface area contributed by atoms with E-state index in [-0.39, 0.29) is 17.2 Å². The third kappa shape index (κ3) is 4.81. The molecule has 0 radical (unpaired) electrons. The van der Waals surface area contributed by atoms with Gasteiger partial charge in [-0.1, -0.05) is 11.6 Å². The number of nitrogens with zero attached hydrogens (tertiary/aromatic N) is 4. The van der Waals surface area contributed by atoms with Gasteiger partial charge in [0.05, 0.1) is 11.4 Å². The highest BCUT2D eigenvalue weighted by molar-refractivity contribution is 6.30. The topological polar surface area (TPSA) is 60.7 Å². The van der Waals surface area contributed by atoms with E-state index >= 15 is 0 Å². The monoisotopic (exact) mass is 400 g/mol. The third-order valence-electron chi connectivity index (χ3n) is 4.41. The summed E-state index contributed by atoms with van der Waals surface area (Å²) in [6.07, 6.45) is 1.28. The summed E-state index contributed by atoms with van der Waals surface area (Å²) >= 11 is 5.74. The molecule has 0 unspecified atom stereocenters. The molecule has 0 spiro atoms. The zero-order chi connectivity index (χ0) is 20.3. The van der Waals surface area contributed by atoms with E-state index < -0.39 is 5.82 Å². The maximum atomic E-state index is 13.7. The summed E-state index contributed by atoms with van der Waals surface area (Å²) in [4.78, 5) is 21.3. The fraction of sp³-hybridized carbons (Fsp3) is 0.333. The van der Waals surface area contributed by atoms with Crippen LogP contribution in [-0.2, 0) is 24.2 Å². The number of aryl methyl sites for hydroxylation is 4. The van der Waals surface area contributed by atoms with Gasteiger partial charge in [0, 0.05) is 29.9 Å². The summed E-state index contributed by atoms with van der Waals surface area (Å²) in [5.74, 6) is 0.538. The Morgan fingerprint density at radius 1 is 1.14 bits per heavy atom. The van der Waals surface area contributed by atoms with E-state index in [1.807, 2.05) is 32.9 Å². The summed E-state index contributed by atoms with van der Waals surface area (Å²) in [6.45, 7) is 6.40. The molecule has 0 saturated heterocycles. The highest BCUT2D eigenvalue weighted by atomic mass is 35.5. The molecule has 5 nitrogen and oxygen atoms in total. The molecule has 0 N–H and O–H groups in total. The van der Waals surface area contributed by atoms with Gasteiger partial charge in [-0.3, -0.25) is 9.78 Å². The van der Waals surface area contributed by atoms with Gasteiger partial charge >= 0.3 is 0 Å². The van der Waals surface area contributed by atoms with Crippen LogP contribution in [0.2, 0.25) is 5.02 Å². The van der Waals surface area contributed by atoms with Crippen molar-refractivity contribution >= 4 is 17.4 Å². The zero-order valence-corrected chi connectivity index (χ0v) is 16.9. The normalized spacial score (nSPS) is 11.0. The van der Waals surface area contributed by atoms with Gasteiger partial charge in [0.25, 0.3) is 0 Å². The number of hydrogen-bond acceptors (Lipinski definition) is 4. The fourth-order valence-corrected chi connectivity index (χ4v) is 3.25. The molecule has 146 valence electrons. The first-order chi connectivity index (χ1) is 13.4. The third-order valence-corrected chi connectivity index (χ3v) is 4.72. The number of pyridine rings is 1. The first kappa shape index (κ1) is 20.1. The number of rotatable bonds is 7. The van der Waals surface area contributed by atoms with E-state index in [2.05, 4.69) is 15.1 Å². The Balaban J connectivity index is 1.71. The maximum absolute atomic E-state index is 13.7. The zero-order valence-electron chi connectivity index (χ0n) is 16.2. The van der Waals surface area contributed by atoms with Crippen molar-refractivity contribution in [3.63, 3.8) is 0 Å². The van der Waals surface area contributed by atoms with Crippen molar-refractivity contribution in [1.29, 1.82) is 0 Å². The molecule has 0 bridgehead atoms. The Hall–Kier alpha value is -2.60. The van der Waals surface area contributed by atoms with Crippen LogP contribution in [0.25, 0.3) is 11.4 Å². The number of benzene rings is 1. The first-order valence-electron chi connectivity index (χ1n) is 9.20. The van der Waals surface area contributed by atoms with Crippen LogP contribution in [-0.4, -0.2) is 25.5 Å². The van der Waals surface area contributed by atoms with E-state index in [0.29, 0.717) is 36.6 Å². The van der Waals surface area contributed by atoms with Gasteiger partial charge in [0.15, 0.2) is 5.82 Å². The van der Waals surface area contributed by atoms with Gasteiger partial charge in [-0.2, -0.15) is 5.10 Å². The van der Waals surface area contributed by atoms with Crippen molar-refractivity contribution in [2.45, 2.75) is 46.6 Å². The molecule has 1 aromatic carbocycles. The number of hydrogen-bond donors (Lipinski definition) is 0. The molecule has 7 heteroatoms. The molecular formula is C21H22ClFN4O. The average molecular weight is 401 g/mol. The van der Waals surface area contributed by atoms with Crippen LogP contribution in [0.3, 0.4) is 0 Å². The SMILES string of the molecule is CCn1nc(-c2ccc(Cl)c(F)c2)nc1CC(=O)CCc1cc(C)nc(C)c1. The Kier molecular flexibility index (Phi) is 6.19. The highest BCUT2D eigenvalue weighted by Crippen LogP contribution is 2.22. The molecule has 3 aromatic rings. The maximum Gasteiger partial charge on any atom is 0.181 e. The van der Waals surface area contributed by atoms with Crippen LogP contribution >= 0.6 is 11.6 Å². The van der Waals surface area contributed by atoms with Gasteiger partial charge in [-0.15, -0.1) is 0 Å². The van der Waals surface area contributed by atoms with Gasteiger partial charge in [-0.05, 0) is 63.1 Å². The summed E-state index contributed by atoms with van der Waals surface area (Å²) in [5, 5.41) is 4.45. The molecule has 0 aliphatic rings. The molecule has 0 atom stereocenters. The Morgan fingerprint density at radius 3 is 2.50 bits per heavy atom. The van der Waals surface area contributed by atoms with E-state index in [1.165, 1.54) is 12.1 Å². The highest BCUT2D eigenvalue weighted by Gasteiger charge is 2.15. The Labute approximate surface area is 168 Å². The van der Waals surface area contributed by atoms with Crippen molar-refractivity contribution in [2.24, 2.45) is 0 Å². The second kappa shape index (κ2) is 8.61. The average Bonchev–Trinajstić information content (AvgIpc) is 3.04. The van der Waals surface area contributed by atoms with Gasteiger partial charge < -0.3 is 0 Å². The van der Waals surface area contributed by atoms with Crippen molar-refractivity contribution in [3.8, 4) is 11.4 Å². The number of halogens is 2. The summed E-state index contributed by atoms with van der Waals surface area (Å²) < 4.78 is 15.4. The standard InChI is InChI=1S/C21H22ClFN4O/c1-4-27-20(25-21(26-27)16-6-8-18(22)19(23)11-16)12-17(28)7-5-15-9-13(2)24-14(3)10-15/h6,8-11H,4-5,7,12H2,1-3H3. The summed E-state index contributed by atoms with van der Waals surface area (Å²) in [5.41, 5.74) is 3.54. The number of aromatic nitrogens is 4. The molecule has 2 aromatic heterocycles. The molecule has 0 amide bonds. The smallest absolute Gasteiger partial charge is 0.181 e. The van der Waals surface area contributed by atoms with Gasteiger partial charge in [0.1, 0.15) is 17.4 Å². The van der Waals surface area contributed by atoms with Crippen LogP contribution in [0.1, 0.15) is 36.1 Å². The van der Waals surface area contributed by atoms with Crippen molar-refractivity contribution in [3.05, 3.63) is 63.9 Å². The van der Waals surface area contributed by atoms with Crippen molar-refractivity contribution < 1.29 is 9.18 Å².